The Hall–Kier alpha value is -6.00. The Morgan fingerprint density at radius 2 is 0.732 bits per heavy atom. The summed E-state index contributed by atoms with van der Waals surface area (Å²) in [6, 6.07) is 10.8. The minimum absolute atomic E-state index is 0.0435. The second-order valence-electron chi connectivity index (χ2n) is 8.43. The highest BCUT2D eigenvalue weighted by Gasteiger charge is 2.18. The lowest BCUT2D eigenvalue weighted by atomic mass is 10.2. The summed E-state index contributed by atoms with van der Waals surface area (Å²) in [7, 11) is 4.47. The molecule has 212 valence electrons. The van der Waals surface area contributed by atoms with Crippen LogP contribution < -0.4 is 48.6 Å². The van der Waals surface area contributed by atoms with Crippen molar-refractivity contribution in [2.45, 2.75) is 0 Å². The monoisotopic (exact) mass is 568 g/mol. The minimum Gasteiger partial charge on any atom is -0.457 e. The minimum atomic E-state index is -1.14. The fraction of sp³-hybridized carbons (Fsp3) is 0.167. The topological polar surface area (TPSA) is 194 Å². The summed E-state index contributed by atoms with van der Waals surface area (Å²) < 4.78 is 8.37. The van der Waals surface area contributed by atoms with Gasteiger partial charge in [-0.05, 0) is 48.5 Å². The number of carbonyl (C=O) groups is 2. The summed E-state index contributed by atoms with van der Waals surface area (Å²) in [5.74, 6) is -1.59. The van der Waals surface area contributed by atoms with Gasteiger partial charge in [0.2, 0.25) is 0 Å². The van der Waals surface area contributed by atoms with Crippen LogP contribution >= 0.6 is 0 Å². The zero-order chi connectivity index (χ0) is 30.2. The Balaban J connectivity index is 1.45. The van der Waals surface area contributed by atoms with Crippen LogP contribution in [0.2, 0.25) is 0 Å². The van der Waals surface area contributed by atoms with Gasteiger partial charge in [-0.2, -0.15) is 0 Å². The highest BCUT2D eigenvalue weighted by atomic mass is 16.7. The van der Waals surface area contributed by atoms with E-state index in [-0.39, 0.29) is 32.1 Å². The zero-order valence-corrected chi connectivity index (χ0v) is 21.8. The predicted octanol–water partition coefficient (Wildman–Crippen LogP) is -2.86. The third kappa shape index (κ3) is 5.18. The van der Waals surface area contributed by atoms with Gasteiger partial charge >= 0.3 is 46.1 Å². The van der Waals surface area contributed by atoms with Crippen molar-refractivity contribution in [2.24, 2.45) is 28.2 Å². The molecule has 0 aliphatic rings. The smallest absolute Gasteiger partial charge is 0.370 e. The van der Waals surface area contributed by atoms with Crippen LogP contribution in [0.1, 0.15) is 20.7 Å². The van der Waals surface area contributed by atoms with E-state index in [1.807, 2.05) is 0 Å². The molecule has 0 saturated carbocycles. The van der Waals surface area contributed by atoms with Gasteiger partial charge in [0, 0.05) is 28.2 Å². The molecule has 0 atom stereocenters. The highest BCUT2D eigenvalue weighted by molar-refractivity contribution is 5.90. The Kier molecular flexibility index (Phi) is 7.27. The van der Waals surface area contributed by atoms with Crippen molar-refractivity contribution < 1.29 is 24.0 Å². The molecule has 2 aromatic heterocycles. The maximum absolute atomic E-state index is 12.5. The molecule has 17 nitrogen and oxygen atoms in total. The molecule has 0 amide bonds. The lowest BCUT2D eigenvalue weighted by Gasteiger charge is -2.10. The van der Waals surface area contributed by atoms with Gasteiger partial charge in [0.15, 0.2) is 0 Å². The molecule has 4 rings (SSSR count). The van der Waals surface area contributed by atoms with Crippen molar-refractivity contribution in [2.75, 3.05) is 0 Å². The van der Waals surface area contributed by atoms with Crippen molar-refractivity contribution in [3.8, 4) is 11.5 Å². The first-order valence-electron chi connectivity index (χ1n) is 11.4. The van der Waals surface area contributed by atoms with Crippen LogP contribution in [0.4, 0.5) is 0 Å². The van der Waals surface area contributed by atoms with Crippen molar-refractivity contribution in [3.63, 3.8) is 0 Å². The number of aromatic nitrogens is 6. The molecule has 41 heavy (non-hydrogen) atoms. The Labute approximate surface area is 226 Å². The summed E-state index contributed by atoms with van der Waals surface area (Å²) in [5.41, 5.74) is -6.40. The molecule has 2 heterocycles. The molecule has 0 unspecified atom stereocenters. The van der Waals surface area contributed by atoms with E-state index in [2.05, 4.69) is 0 Å². The van der Waals surface area contributed by atoms with E-state index in [4.69, 9.17) is 14.4 Å². The normalized spacial score (nSPS) is 10.7. The molecule has 0 spiro atoms. The molecule has 4 aromatic rings. The average molecular weight is 568 g/mol. The third-order valence-electron chi connectivity index (χ3n) is 5.75. The van der Waals surface area contributed by atoms with Crippen molar-refractivity contribution in [1.29, 1.82) is 0 Å². The van der Waals surface area contributed by atoms with Gasteiger partial charge in [-0.15, -0.1) is 0 Å². The lowest BCUT2D eigenvalue weighted by Crippen LogP contribution is -2.55. The molecule has 2 aromatic carbocycles. The first-order valence-corrected chi connectivity index (χ1v) is 11.4. The maximum atomic E-state index is 12.5. The number of hydrogen-bond donors (Lipinski definition) is 0. The highest BCUT2D eigenvalue weighted by Crippen LogP contribution is 2.22. The molecule has 0 bridgehead atoms. The SMILES string of the molecule is Cn1c(=O)n(C)c(=O)n(OC(=O)c2ccc(Oc3ccc(C(=O)On4c(=O)n(C)c(=O)n(C)c4=O)cc3)cc2)c1=O. The zero-order valence-electron chi connectivity index (χ0n) is 21.8. The number of benzene rings is 2. The van der Waals surface area contributed by atoms with Crippen LogP contribution in [-0.2, 0) is 28.2 Å². The Morgan fingerprint density at radius 3 is 1.00 bits per heavy atom. The van der Waals surface area contributed by atoms with Gasteiger partial charge in [-0.3, -0.25) is 0 Å². The first kappa shape index (κ1) is 28.0. The van der Waals surface area contributed by atoms with Crippen LogP contribution in [-0.4, -0.2) is 39.7 Å². The van der Waals surface area contributed by atoms with Gasteiger partial charge < -0.3 is 14.4 Å². The quantitative estimate of drug-likeness (QED) is 0.232. The molecular weight excluding hydrogens is 548 g/mol. The molecule has 0 fully saturated rings. The Morgan fingerprint density at radius 1 is 0.463 bits per heavy atom. The summed E-state index contributed by atoms with van der Waals surface area (Å²) in [6.45, 7) is 0. The summed E-state index contributed by atoms with van der Waals surface area (Å²) in [4.78, 5) is 107. The fourth-order valence-electron chi connectivity index (χ4n) is 3.37. The van der Waals surface area contributed by atoms with Crippen LogP contribution in [0, 0.1) is 0 Å². The van der Waals surface area contributed by atoms with Crippen molar-refractivity contribution in [1.82, 2.24) is 27.7 Å². The molecule has 0 aliphatic heterocycles. The van der Waals surface area contributed by atoms with Gasteiger partial charge in [-0.1, -0.05) is 9.46 Å². The first-order chi connectivity index (χ1) is 19.3. The van der Waals surface area contributed by atoms with Crippen LogP contribution in [0.3, 0.4) is 0 Å². The predicted molar refractivity (Wildman–Crippen MR) is 137 cm³/mol. The molecule has 17 heteroatoms. The number of nitrogens with zero attached hydrogens (tertiary/aromatic N) is 6. The van der Waals surface area contributed by atoms with E-state index in [1.54, 1.807) is 0 Å². The van der Waals surface area contributed by atoms with E-state index in [9.17, 15) is 38.4 Å². The van der Waals surface area contributed by atoms with Gasteiger partial charge in [0.1, 0.15) is 11.5 Å². The lowest BCUT2D eigenvalue weighted by molar-refractivity contribution is 0.0382. The van der Waals surface area contributed by atoms with Gasteiger partial charge in [0.25, 0.3) is 0 Å². The second-order valence-corrected chi connectivity index (χ2v) is 8.43. The number of rotatable bonds is 6. The number of ether oxygens (including phenoxy) is 1. The van der Waals surface area contributed by atoms with Gasteiger partial charge in [-0.25, -0.2) is 56.6 Å². The van der Waals surface area contributed by atoms with E-state index in [0.29, 0.717) is 18.3 Å². The summed E-state index contributed by atoms with van der Waals surface area (Å²) in [5, 5.41) is 0. The molecule has 0 N–H and O–H groups in total. The van der Waals surface area contributed by atoms with Crippen LogP contribution in [0.25, 0.3) is 0 Å². The van der Waals surface area contributed by atoms with E-state index >= 15 is 0 Å². The summed E-state index contributed by atoms with van der Waals surface area (Å²) >= 11 is 0. The van der Waals surface area contributed by atoms with Gasteiger partial charge in [0.05, 0.1) is 11.1 Å². The van der Waals surface area contributed by atoms with E-state index in [1.165, 1.54) is 48.5 Å². The largest absolute Gasteiger partial charge is 0.457 e. The third-order valence-corrected chi connectivity index (χ3v) is 5.75. The molecule has 0 aliphatic carbocycles. The van der Waals surface area contributed by atoms with E-state index < -0.39 is 46.1 Å². The molecule has 0 radical (unpaired) electrons. The maximum Gasteiger partial charge on any atom is 0.370 e. The second kappa shape index (κ2) is 10.6. The van der Waals surface area contributed by atoms with Crippen LogP contribution in [0.15, 0.2) is 77.3 Å². The van der Waals surface area contributed by atoms with Crippen LogP contribution in [0.5, 0.6) is 11.5 Å². The van der Waals surface area contributed by atoms with E-state index in [0.717, 1.165) is 28.2 Å². The van der Waals surface area contributed by atoms with Crippen molar-refractivity contribution >= 4 is 11.9 Å². The number of hydrogen-bond acceptors (Lipinski definition) is 11. The standard InChI is InChI=1S/C24H20N6O11/c1-25-19(33)26(2)22(36)29(21(25)35)40-17(31)13-5-9-15(10-6-13)39-16-11-7-14(8-12-16)18(32)41-30-23(37)27(3)20(34)28(4)24(30)38/h5-12H,1-4H3. The summed E-state index contributed by atoms with van der Waals surface area (Å²) in [6.07, 6.45) is 0. The fourth-order valence-corrected chi connectivity index (χ4v) is 3.37. The molecular formula is C24H20N6O11. The average Bonchev–Trinajstić information content (AvgIpc) is 2.98. The van der Waals surface area contributed by atoms with Crippen molar-refractivity contribution in [3.05, 3.63) is 123 Å². The molecule has 0 saturated heterocycles. The Bertz CT molecular complexity index is 1830. The number of carbonyl (C=O) groups excluding carboxylic acids is 2.